The second-order valence-corrected chi connectivity index (χ2v) is 6.52. The topological polar surface area (TPSA) is 110 Å². The summed E-state index contributed by atoms with van der Waals surface area (Å²) in [6, 6.07) is 1.68. The Morgan fingerprint density at radius 3 is 2.62 bits per heavy atom. The van der Waals surface area contributed by atoms with Gasteiger partial charge in [-0.2, -0.15) is 0 Å². The molecule has 1 heterocycles. The average Bonchev–Trinajstić information content (AvgIpc) is 2.76. The Kier molecular flexibility index (Phi) is 3.97. The first kappa shape index (κ1) is 15.4. The Hall–Kier alpha value is -2.00. The van der Waals surface area contributed by atoms with Gasteiger partial charge in [-0.3, -0.25) is 0 Å². The number of hydrogen-bond donors (Lipinski definition) is 1. The maximum Gasteiger partial charge on any atom is 0.338 e. The number of carbonyl (C=O) groups is 1. The predicted octanol–water partition coefficient (Wildman–Crippen LogP) is 1.84. The van der Waals surface area contributed by atoms with Gasteiger partial charge in [-0.1, -0.05) is 21.9 Å². The lowest BCUT2D eigenvalue weighted by Gasteiger charge is -2.07. The fraction of sp³-hybridized carbons (Fsp3) is 0.182. The third kappa shape index (κ3) is 3.03. The number of aryl methyl sites for hydroxylation is 1. The molecule has 0 saturated heterocycles. The number of aromatic nitrogens is 2. The Bertz CT molecular complexity index is 818. The molecule has 0 saturated carbocycles. The summed E-state index contributed by atoms with van der Waals surface area (Å²) in [4.78, 5) is 10.1. The summed E-state index contributed by atoms with van der Waals surface area (Å²) < 4.78 is 42.8. The van der Waals surface area contributed by atoms with E-state index >= 15 is 0 Å². The highest BCUT2D eigenvalue weighted by molar-refractivity contribution is 7.90. The van der Waals surface area contributed by atoms with Gasteiger partial charge in [0.2, 0.25) is 0 Å². The van der Waals surface area contributed by atoms with E-state index in [2.05, 4.69) is 14.9 Å². The van der Waals surface area contributed by atoms with Crippen LogP contribution in [0.5, 0.6) is 0 Å². The normalized spacial score (nSPS) is 11.6. The Balaban J connectivity index is 2.55. The van der Waals surface area contributed by atoms with Gasteiger partial charge in [0.1, 0.15) is 22.0 Å². The van der Waals surface area contributed by atoms with Crippen LogP contribution >= 0.6 is 11.6 Å². The maximum absolute atomic E-state index is 14.1. The molecule has 112 valence electrons. The molecule has 0 aliphatic heterocycles. The number of hydrogen-bond acceptors (Lipinski definition) is 6. The van der Waals surface area contributed by atoms with Gasteiger partial charge in [0.25, 0.3) is 0 Å². The van der Waals surface area contributed by atoms with Crippen molar-refractivity contribution < 1.29 is 27.3 Å². The third-order valence-electron chi connectivity index (χ3n) is 2.64. The molecular formula is C11H8ClFN2O5S. The molecule has 0 atom stereocenters. The van der Waals surface area contributed by atoms with E-state index in [1.54, 1.807) is 0 Å². The fourth-order valence-electron chi connectivity index (χ4n) is 1.58. The predicted molar refractivity (Wildman–Crippen MR) is 68.3 cm³/mol. The van der Waals surface area contributed by atoms with Gasteiger partial charge in [0.05, 0.1) is 5.56 Å². The molecule has 1 aromatic carbocycles. The summed E-state index contributed by atoms with van der Waals surface area (Å²) in [6.45, 7) is 1.47. The molecule has 1 N–H and O–H groups in total. The summed E-state index contributed by atoms with van der Waals surface area (Å²) in [6.07, 6.45) is 0. The molecule has 7 nitrogen and oxygen atoms in total. The number of nitrogens with zero attached hydrogens (tertiary/aromatic N) is 2. The van der Waals surface area contributed by atoms with Crippen LogP contribution in [0, 0.1) is 12.7 Å². The zero-order chi connectivity index (χ0) is 15.8. The summed E-state index contributed by atoms with van der Waals surface area (Å²) >= 11 is 5.64. The highest BCUT2D eigenvalue weighted by Crippen LogP contribution is 2.26. The molecule has 0 unspecified atom stereocenters. The fourth-order valence-corrected chi connectivity index (χ4v) is 3.33. The highest BCUT2D eigenvalue weighted by Gasteiger charge is 2.27. The van der Waals surface area contributed by atoms with Crippen molar-refractivity contribution in [2.24, 2.45) is 0 Å². The van der Waals surface area contributed by atoms with E-state index < -0.39 is 37.8 Å². The smallest absolute Gasteiger partial charge is 0.338 e. The Morgan fingerprint density at radius 2 is 2.10 bits per heavy atom. The number of sulfone groups is 1. The zero-order valence-electron chi connectivity index (χ0n) is 10.5. The van der Waals surface area contributed by atoms with Crippen LogP contribution in [0.25, 0.3) is 0 Å². The van der Waals surface area contributed by atoms with Crippen LogP contribution in [0.15, 0.2) is 21.7 Å². The first-order valence-electron chi connectivity index (χ1n) is 5.45. The average molecular weight is 335 g/mol. The van der Waals surface area contributed by atoms with Crippen molar-refractivity contribution >= 4 is 27.4 Å². The molecule has 0 aliphatic rings. The van der Waals surface area contributed by atoms with Crippen LogP contribution in [0.2, 0.25) is 5.02 Å². The van der Waals surface area contributed by atoms with Crippen molar-refractivity contribution in [1.29, 1.82) is 0 Å². The largest absolute Gasteiger partial charge is 0.478 e. The lowest BCUT2D eigenvalue weighted by atomic mass is 10.2. The standard InChI is InChI=1S/C11H8ClFN2O5S/c1-5-8(15-20-14-5)4-21(18,19)9-3-6(12)2-7(10(9)13)11(16)17/h2-3H,4H2,1H3,(H,16,17). The van der Waals surface area contributed by atoms with Gasteiger partial charge in [0.15, 0.2) is 15.7 Å². The number of halogens is 2. The molecular weight excluding hydrogens is 327 g/mol. The van der Waals surface area contributed by atoms with Crippen LogP contribution in [0.4, 0.5) is 4.39 Å². The van der Waals surface area contributed by atoms with Crippen molar-refractivity contribution in [3.05, 3.63) is 39.9 Å². The summed E-state index contributed by atoms with van der Waals surface area (Å²) in [5, 5.41) is 15.5. The molecule has 1 aromatic heterocycles. The van der Waals surface area contributed by atoms with Gasteiger partial charge in [0, 0.05) is 5.02 Å². The summed E-state index contributed by atoms with van der Waals surface area (Å²) in [5.41, 5.74) is -0.582. The van der Waals surface area contributed by atoms with Crippen LogP contribution in [0.1, 0.15) is 21.7 Å². The van der Waals surface area contributed by atoms with Crippen molar-refractivity contribution in [2.75, 3.05) is 0 Å². The molecule has 0 fully saturated rings. The number of carboxylic acid groups (broad SMARTS) is 1. The van der Waals surface area contributed by atoms with E-state index in [4.69, 9.17) is 16.7 Å². The van der Waals surface area contributed by atoms with E-state index in [0.717, 1.165) is 12.1 Å². The van der Waals surface area contributed by atoms with Gasteiger partial charge in [-0.05, 0) is 19.1 Å². The molecule has 0 spiro atoms. The van der Waals surface area contributed by atoms with Gasteiger partial charge >= 0.3 is 5.97 Å². The minimum absolute atomic E-state index is 0.00579. The number of rotatable bonds is 4. The molecule has 0 radical (unpaired) electrons. The van der Waals surface area contributed by atoms with Crippen LogP contribution < -0.4 is 0 Å². The Morgan fingerprint density at radius 1 is 1.43 bits per heavy atom. The van der Waals surface area contributed by atoms with E-state index in [0.29, 0.717) is 0 Å². The van der Waals surface area contributed by atoms with Crippen molar-refractivity contribution in [1.82, 2.24) is 10.3 Å². The molecule has 0 bridgehead atoms. The van der Waals surface area contributed by atoms with Crippen molar-refractivity contribution in [3.63, 3.8) is 0 Å². The number of aromatic carboxylic acids is 1. The highest BCUT2D eigenvalue weighted by atomic mass is 35.5. The second-order valence-electron chi connectivity index (χ2n) is 4.13. The zero-order valence-corrected chi connectivity index (χ0v) is 12.1. The van der Waals surface area contributed by atoms with Crippen molar-refractivity contribution in [2.45, 2.75) is 17.6 Å². The summed E-state index contributed by atoms with van der Waals surface area (Å²) in [5.74, 6) is -3.68. The first-order valence-corrected chi connectivity index (χ1v) is 7.48. The van der Waals surface area contributed by atoms with Crippen LogP contribution in [-0.2, 0) is 15.6 Å². The number of carboxylic acids is 1. The quantitative estimate of drug-likeness (QED) is 0.908. The molecule has 21 heavy (non-hydrogen) atoms. The van der Waals surface area contributed by atoms with E-state index in [9.17, 15) is 17.6 Å². The van der Waals surface area contributed by atoms with Gasteiger partial charge < -0.3 is 5.11 Å². The van der Waals surface area contributed by atoms with Gasteiger partial charge in [-0.15, -0.1) is 0 Å². The second kappa shape index (κ2) is 5.41. The Labute approximate surface area is 123 Å². The minimum atomic E-state index is -4.20. The lowest BCUT2D eigenvalue weighted by Crippen LogP contribution is -2.12. The SMILES string of the molecule is Cc1nonc1CS(=O)(=O)c1cc(Cl)cc(C(=O)O)c1F. The van der Waals surface area contributed by atoms with E-state index in [1.807, 2.05) is 0 Å². The van der Waals surface area contributed by atoms with Gasteiger partial charge in [-0.25, -0.2) is 22.2 Å². The molecule has 10 heteroatoms. The maximum atomic E-state index is 14.1. The molecule has 2 rings (SSSR count). The minimum Gasteiger partial charge on any atom is -0.478 e. The summed E-state index contributed by atoms with van der Waals surface area (Å²) in [7, 11) is -4.20. The molecule has 0 aliphatic carbocycles. The lowest BCUT2D eigenvalue weighted by molar-refractivity contribution is 0.0691. The van der Waals surface area contributed by atoms with Crippen molar-refractivity contribution in [3.8, 4) is 0 Å². The number of benzene rings is 1. The molecule has 2 aromatic rings. The monoisotopic (exact) mass is 334 g/mol. The van der Waals surface area contributed by atoms with Crippen LogP contribution in [-0.4, -0.2) is 29.8 Å². The first-order chi connectivity index (χ1) is 9.72. The van der Waals surface area contributed by atoms with E-state index in [-0.39, 0.29) is 16.4 Å². The van der Waals surface area contributed by atoms with Crippen LogP contribution in [0.3, 0.4) is 0 Å². The molecule has 0 amide bonds. The third-order valence-corrected chi connectivity index (χ3v) is 4.48. The van der Waals surface area contributed by atoms with E-state index in [1.165, 1.54) is 6.92 Å².